The maximum absolute atomic E-state index is 12.0. The standard InChI is InChI=1S/C16H24N4O3/c1-13(21)20-7-8-23-15(11-20)9-18-16(22)12-19(2)10-14-3-5-17-6-4-14/h3-6,15H,7-12H2,1-2H3,(H,18,22)/t15-/m0/s1. The van der Waals surface area contributed by atoms with Gasteiger partial charge in [-0.15, -0.1) is 0 Å². The van der Waals surface area contributed by atoms with Gasteiger partial charge >= 0.3 is 0 Å². The van der Waals surface area contributed by atoms with Gasteiger partial charge in [0.25, 0.3) is 0 Å². The third-order valence-corrected chi connectivity index (χ3v) is 3.73. The molecule has 0 saturated carbocycles. The fraction of sp³-hybridized carbons (Fsp3) is 0.562. The molecule has 0 unspecified atom stereocenters. The van der Waals surface area contributed by atoms with Gasteiger partial charge in [-0.25, -0.2) is 0 Å². The maximum atomic E-state index is 12.0. The quantitative estimate of drug-likeness (QED) is 0.791. The van der Waals surface area contributed by atoms with E-state index in [0.717, 1.165) is 5.56 Å². The summed E-state index contributed by atoms with van der Waals surface area (Å²) in [5, 5.41) is 2.87. The highest BCUT2D eigenvalue weighted by atomic mass is 16.5. The molecule has 0 spiro atoms. The van der Waals surface area contributed by atoms with Gasteiger partial charge in [-0.05, 0) is 24.7 Å². The molecule has 0 aromatic carbocycles. The average molecular weight is 320 g/mol. The normalized spacial score (nSPS) is 18.0. The summed E-state index contributed by atoms with van der Waals surface area (Å²) in [5.74, 6) is -0.00758. The number of aromatic nitrogens is 1. The van der Waals surface area contributed by atoms with E-state index in [-0.39, 0.29) is 17.9 Å². The minimum atomic E-state index is -0.137. The number of likely N-dealkylation sites (N-methyl/N-ethyl adjacent to an activating group) is 1. The predicted molar refractivity (Wildman–Crippen MR) is 85.6 cm³/mol. The molecule has 1 aromatic rings. The molecule has 7 heteroatoms. The summed E-state index contributed by atoms with van der Waals surface area (Å²) < 4.78 is 5.58. The van der Waals surface area contributed by atoms with E-state index in [0.29, 0.717) is 39.3 Å². The summed E-state index contributed by atoms with van der Waals surface area (Å²) in [6.07, 6.45) is 3.34. The van der Waals surface area contributed by atoms with Gasteiger partial charge in [-0.3, -0.25) is 19.5 Å². The zero-order chi connectivity index (χ0) is 16.7. The monoisotopic (exact) mass is 320 g/mol. The number of hydrogen-bond donors (Lipinski definition) is 1. The molecule has 1 aliphatic heterocycles. The summed E-state index contributed by atoms with van der Waals surface area (Å²) in [7, 11) is 1.90. The fourth-order valence-electron chi connectivity index (χ4n) is 2.51. The Kier molecular flexibility index (Phi) is 6.49. The molecule has 1 saturated heterocycles. The van der Waals surface area contributed by atoms with Crippen LogP contribution in [0, 0.1) is 0 Å². The number of amides is 2. The van der Waals surface area contributed by atoms with Crippen molar-refractivity contribution < 1.29 is 14.3 Å². The maximum Gasteiger partial charge on any atom is 0.234 e. The van der Waals surface area contributed by atoms with Crippen LogP contribution in [0.15, 0.2) is 24.5 Å². The van der Waals surface area contributed by atoms with Crippen molar-refractivity contribution in [2.75, 3.05) is 39.8 Å². The molecule has 2 heterocycles. The minimum Gasteiger partial charge on any atom is -0.373 e. The van der Waals surface area contributed by atoms with E-state index < -0.39 is 0 Å². The zero-order valence-electron chi connectivity index (χ0n) is 13.7. The highest BCUT2D eigenvalue weighted by molar-refractivity contribution is 5.78. The van der Waals surface area contributed by atoms with Gasteiger partial charge in [0.2, 0.25) is 11.8 Å². The molecule has 1 atom stereocenters. The number of morpholine rings is 1. The number of ether oxygens (including phenoxy) is 1. The second kappa shape index (κ2) is 8.59. The van der Waals surface area contributed by atoms with Crippen LogP contribution in [0.3, 0.4) is 0 Å². The Morgan fingerprint density at radius 3 is 2.87 bits per heavy atom. The molecule has 23 heavy (non-hydrogen) atoms. The number of carbonyl (C=O) groups is 2. The summed E-state index contributed by atoms with van der Waals surface area (Å²) in [4.78, 5) is 31.0. The molecule has 0 bridgehead atoms. The number of nitrogens with zero attached hydrogens (tertiary/aromatic N) is 3. The fourth-order valence-corrected chi connectivity index (χ4v) is 2.51. The van der Waals surface area contributed by atoms with Crippen LogP contribution in [0.4, 0.5) is 0 Å². The Morgan fingerprint density at radius 2 is 2.17 bits per heavy atom. The lowest BCUT2D eigenvalue weighted by molar-refractivity contribution is -0.136. The number of rotatable bonds is 6. The molecule has 0 aliphatic carbocycles. The van der Waals surface area contributed by atoms with Crippen LogP contribution in [-0.4, -0.2) is 72.5 Å². The minimum absolute atomic E-state index is 0.0433. The number of nitrogens with one attached hydrogen (secondary N) is 1. The van der Waals surface area contributed by atoms with Crippen LogP contribution < -0.4 is 5.32 Å². The summed E-state index contributed by atoms with van der Waals surface area (Å²) in [6, 6.07) is 3.86. The lowest BCUT2D eigenvalue weighted by Gasteiger charge is -2.32. The van der Waals surface area contributed by atoms with E-state index in [4.69, 9.17) is 4.74 Å². The van der Waals surface area contributed by atoms with Gasteiger partial charge in [-0.2, -0.15) is 0 Å². The molecule has 2 rings (SSSR count). The number of hydrogen-bond acceptors (Lipinski definition) is 5. The summed E-state index contributed by atoms with van der Waals surface area (Å²) in [5.41, 5.74) is 1.11. The van der Waals surface area contributed by atoms with Gasteiger partial charge in [0.15, 0.2) is 0 Å². The first kappa shape index (κ1) is 17.4. The van der Waals surface area contributed by atoms with Crippen molar-refractivity contribution in [3.8, 4) is 0 Å². The topological polar surface area (TPSA) is 74.8 Å². The van der Waals surface area contributed by atoms with Gasteiger partial charge in [-0.1, -0.05) is 0 Å². The van der Waals surface area contributed by atoms with E-state index in [1.54, 1.807) is 24.2 Å². The second-order valence-corrected chi connectivity index (χ2v) is 5.79. The lowest BCUT2D eigenvalue weighted by atomic mass is 10.2. The molecule has 1 aliphatic rings. The van der Waals surface area contributed by atoms with Crippen molar-refractivity contribution in [2.45, 2.75) is 19.6 Å². The van der Waals surface area contributed by atoms with E-state index in [2.05, 4.69) is 10.3 Å². The van der Waals surface area contributed by atoms with E-state index >= 15 is 0 Å². The molecular weight excluding hydrogens is 296 g/mol. The van der Waals surface area contributed by atoms with Crippen LogP contribution in [0.25, 0.3) is 0 Å². The van der Waals surface area contributed by atoms with E-state index in [1.165, 1.54) is 0 Å². The van der Waals surface area contributed by atoms with E-state index in [9.17, 15) is 9.59 Å². The van der Waals surface area contributed by atoms with Gasteiger partial charge < -0.3 is 15.0 Å². The molecule has 0 radical (unpaired) electrons. The first-order valence-corrected chi connectivity index (χ1v) is 7.76. The first-order chi connectivity index (χ1) is 11.0. The smallest absolute Gasteiger partial charge is 0.234 e. The van der Waals surface area contributed by atoms with Crippen molar-refractivity contribution >= 4 is 11.8 Å². The van der Waals surface area contributed by atoms with Crippen molar-refractivity contribution in [1.82, 2.24) is 20.1 Å². The van der Waals surface area contributed by atoms with Crippen molar-refractivity contribution in [2.24, 2.45) is 0 Å². The van der Waals surface area contributed by atoms with Crippen LogP contribution in [0.2, 0.25) is 0 Å². The van der Waals surface area contributed by atoms with Gasteiger partial charge in [0.05, 0.1) is 19.3 Å². The molecule has 1 aromatic heterocycles. The molecule has 126 valence electrons. The Labute approximate surface area is 136 Å². The van der Waals surface area contributed by atoms with Crippen LogP contribution in [0.5, 0.6) is 0 Å². The number of pyridine rings is 1. The zero-order valence-corrected chi connectivity index (χ0v) is 13.7. The Balaban J connectivity index is 1.69. The highest BCUT2D eigenvalue weighted by Crippen LogP contribution is 2.05. The predicted octanol–water partition coefficient (Wildman–Crippen LogP) is -0.123. The van der Waals surface area contributed by atoms with Gasteiger partial charge in [0.1, 0.15) is 0 Å². The van der Waals surface area contributed by atoms with E-state index in [1.807, 2.05) is 24.1 Å². The third-order valence-electron chi connectivity index (χ3n) is 3.73. The molecular formula is C16H24N4O3. The van der Waals surface area contributed by atoms with Crippen molar-refractivity contribution in [1.29, 1.82) is 0 Å². The van der Waals surface area contributed by atoms with Gasteiger partial charge in [0, 0.05) is 45.5 Å². The third kappa shape index (κ3) is 5.96. The molecule has 1 fully saturated rings. The highest BCUT2D eigenvalue weighted by Gasteiger charge is 2.22. The van der Waals surface area contributed by atoms with Crippen LogP contribution in [-0.2, 0) is 20.9 Å². The molecule has 2 amide bonds. The van der Waals surface area contributed by atoms with Crippen LogP contribution in [0.1, 0.15) is 12.5 Å². The van der Waals surface area contributed by atoms with Crippen molar-refractivity contribution in [3.63, 3.8) is 0 Å². The summed E-state index contributed by atoms with van der Waals surface area (Å²) in [6.45, 7) is 4.64. The SMILES string of the molecule is CC(=O)N1CCO[C@@H](CNC(=O)CN(C)Cc2ccncc2)C1. The molecule has 1 N–H and O–H groups in total. The Bertz CT molecular complexity index is 523. The average Bonchev–Trinajstić information content (AvgIpc) is 2.54. The Morgan fingerprint density at radius 1 is 1.43 bits per heavy atom. The largest absolute Gasteiger partial charge is 0.373 e. The summed E-state index contributed by atoms with van der Waals surface area (Å²) >= 11 is 0. The first-order valence-electron chi connectivity index (χ1n) is 7.76. The Hall–Kier alpha value is -1.99. The lowest BCUT2D eigenvalue weighted by Crippen LogP contribution is -2.49. The number of carbonyl (C=O) groups excluding carboxylic acids is 2. The second-order valence-electron chi connectivity index (χ2n) is 5.79. The van der Waals surface area contributed by atoms with Crippen LogP contribution >= 0.6 is 0 Å². The molecule has 7 nitrogen and oxygen atoms in total. The van der Waals surface area contributed by atoms with Crippen molar-refractivity contribution in [3.05, 3.63) is 30.1 Å².